The number of rotatable bonds is 6. The highest BCUT2D eigenvalue weighted by molar-refractivity contribution is 5.81. The number of Topliss-reactive ketones (excluding diaryl/α,β-unsaturated/α-hetero) is 1. The molecule has 0 spiro atoms. The van der Waals surface area contributed by atoms with E-state index in [1.807, 2.05) is 30.3 Å². The molecule has 20 heavy (non-hydrogen) atoms. The Morgan fingerprint density at radius 3 is 2.80 bits per heavy atom. The highest BCUT2D eigenvalue weighted by Crippen LogP contribution is 2.20. The number of carbonyl (C=O) groups excluding carboxylic acids is 2. The van der Waals surface area contributed by atoms with Gasteiger partial charge >= 0.3 is 0 Å². The van der Waals surface area contributed by atoms with Crippen molar-refractivity contribution >= 4 is 12.1 Å². The molecule has 0 bridgehead atoms. The van der Waals surface area contributed by atoms with Gasteiger partial charge in [-0.1, -0.05) is 30.3 Å². The lowest BCUT2D eigenvalue weighted by Gasteiger charge is -2.33. The predicted octanol–water partition coefficient (Wildman–Crippen LogP) is 1.46. The van der Waals surface area contributed by atoms with Crippen molar-refractivity contribution in [3.8, 4) is 0 Å². The van der Waals surface area contributed by atoms with E-state index < -0.39 is 6.04 Å². The van der Waals surface area contributed by atoms with E-state index in [0.29, 0.717) is 13.0 Å². The lowest BCUT2D eigenvalue weighted by Crippen LogP contribution is -2.52. The van der Waals surface area contributed by atoms with Crippen molar-refractivity contribution in [2.75, 3.05) is 6.54 Å². The second-order valence-corrected chi connectivity index (χ2v) is 5.15. The minimum absolute atomic E-state index is 0.118. The maximum absolute atomic E-state index is 11.8. The molecule has 5 heteroatoms. The molecular weight excluding hydrogens is 256 g/mol. The molecule has 5 nitrogen and oxygen atoms in total. The van der Waals surface area contributed by atoms with E-state index in [1.165, 1.54) is 6.92 Å². The van der Waals surface area contributed by atoms with Gasteiger partial charge < -0.3 is 4.79 Å². The summed E-state index contributed by atoms with van der Waals surface area (Å²) < 4.78 is 0. The molecule has 1 heterocycles. The molecular formula is C15H20N2O3. The van der Waals surface area contributed by atoms with Gasteiger partial charge in [-0.2, -0.15) is 0 Å². The summed E-state index contributed by atoms with van der Waals surface area (Å²) in [6, 6.07) is 8.56. The molecule has 0 unspecified atom stereocenters. The number of ketones is 1. The summed E-state index contributed by atoms with van der Waals surface area (Å²) in [5.74, 6) is -0.118. The van der Waals surface area contributed by atoms with Crippen LogP contribution in [0.15, 0.2) is 30.3 Å². The maximum Gasteiger partial charge on any atom is 0.151 e. The van der Waals surface area contributed by atoms with Crippen LogP contribution in [0.3, 0.4) is 0 Å². The lowest BCUT2D eigenvalue weighted by molar-refractivity contribution is -0.267. The number of hydrazine groups is 1. The lowest BCUT2D eigenvalue weighted by atomic mass is 10.0. The third-order valence-electron chi connectivity index (χ3n) is 3.71. The number of nitrogens with zero attached hydrogens (tertiary/aromatic N) is 2. The number of aldehydes is 1. The van der Waals surface area contributed by atoms with Gasteiger partial charge in [-0.05, 0) is 31.7 Å². The van der Waals surface area contributed by atoms with Crippen LogP contribution in [0.25, 0.3) is 0 Å². The van der Waals surface area contributed by atoms with Gasteiger partial charge in [0.25, 0.3) is 0 Å². The van der Waals surface area contributed by atoms with Gasteiger partial charge in [-0.25, -0.2) is 5.01 Å². The van der Waals surface area contributed by atoms with Crippen molar-refractivity contribution in [1.82, 2.24) is 10.2 Å². The molecule has 2 rings (SSSR count). The standard InChI is InChI=1S/C15H20N2O3/c1-12(19)15(10-13-6-3-2-4-7-13)17(20)16-9-5-8-14(16)11-18/h2-4,6-7,11,14-15,20H,5,8-10H2,1H3/t14-,15-/m0/s1. The number of carbonyl (C=O) groups is 2. The van der Waals surface area contributed by atoms with Crippen LogP contribution in [0, 0.1) is 0 Å². The first-order valence-corrected chi connectivity index (χ1v) is 6.88. The van der Waals surface area contributed by atoms with Crippen molar-refractivity contribution in [2.45, 2.75) is 38.3 Å². The van der Waals surface area contributed by atoms with Gasteiger partial charge in [0, 0.05) is 6.54 Å². The molecule has 1 aromatic carbocycles. The molecule has 1 aliphatic rings. The van der Waals surface area contributed by atoms with E-state index in [9.17, 15) is 14.8 Å². The Morgan fingerprint density at radius 1 is 1.50 bits per heavy atom. The average Bonchev–Trinajstić information content (AvgIpc) is 2.93. The van der Waals surface area contributed by atoms with Crippen LogP contribution in [0.2, 0.25) is 0 Å². The van der Waals surface area contributed by atoms with Crippen molar-refractivity contribution in [1.29, 1.82) is 0 Å². The smallest absolute Gasteiger partial charge is 0.151 e. The molecule has 108 valence electrons. The number of benzene rings is 1. The van der Waals surface area contributed by atoms with Crippen LogP contribution in [0.1, 0.15) is 25.3 Å². The molecule has 0 saturated carbocycles. The minimum atomic E-state index is -0.655. The van der Waals surface area contributed by atoms with Gasteiger partial charge in [-0.15, -0.1) is 5.17 Å². The third-order valence-corrected chi connectivity index (χ3v) is 3.71. The summed E-state index contributed by atoms with van der Waals surface area (Å²) >= 11 is 0. The highest BCUT2D eigenvalue weighted by atomic mass is 16.6. The predicted molar refractivity (Wildman–Crippen MR) is 74.0 cm³/mol. The Hall–Kier alpha value is -1.56. The summed E-state index contributed by atoms with van der Waals surface area (Å²) in [7, 11) is 0. The molecule has 0 radical (unpaired) electrons. The first-order chi connectivity index (χ1) is 9.63. The van der Waals surface area contributed by atoms with Gasteiger partial charge in [0.1, 0.15) is 12.3 Å². The van der Waals surface area contributed by atoms with Crippen LogP contribution >= 0.6 is 0 Å². The van der Waals surface area contributed by atoms with E-state index >= 15 is 0 Å². The fourth-order valence-electron chi connectivity index (χ4n) is 2.57. The number of hydrogen-bond donors (Lipinski definition) is 1. The maximum atomic E-state index is 11.8. The zero-order valence-corrected chi connectivity index (χ0v) is 11.6. The van der Waals surface area contributed by atoms with Gasteiger partial charge in [0.15, 0.2) is 5.78 Å². The monoisotopic (exact) mass is 276 g/mol. The number of hydrogen-bond acceptors (Lipinski definition) is 5. The number of hydroxylamine groups is 1. The topological polar surface area (TPSA) is 60.9 Å². The molecule has 1 fully saturated rings. The molecule has 1 aliphatic heterocycles. The van der Waals surface area contributed by atoms with E-state index in [2.05, 4.69) is 0 Å². The quantitative estimate of drug-likeness (QED) is 0.629. The van der Waals surface area contributed by atoms with Crippen LogP contribution in [0.4, 0.5) is 0 Å². The van der Waals surface area contributed by atoms with Crippen molar-refractivity contribution < 1.29 is 14.8 Å². The molecule has 0 aliphatic carbocycles. The van der Waals surface area contributed by atoms with Crippen LogP contribution in [-0.2, 0) is 16.0 Å². The Kier molecular flexibility index (Phi) is 5.00. The Balaban J connectivity index is 2.12. The zero-order chi connectivity index (χ0) is 14.5. The average molecular weight is 276 g/mol. The molecule has 0 amide bonds. The van der Waals surface area contributed by atoms with Gasteiger partial charge in [0.05, 0.1) is 6.04 Å². The van der Waals surface area contributed by atoms with E-state index in [4.69, 9.17) is 0 Å². The van der Waals surface area contributed by atoms with E-state index in [0.717, 1.165) is 29.9 Å². The van der Waals surface area contributed by atoms with Crippen molar-refractivity contribution in [3.63, 3.8) is 0 Å². The molecule has 2 atom stereocenters. The summed E-state index contributed by atoms with van der Waals surface area (Å²) in [6.45, 7) is 2.06. The SMILES string of the molecule is CC(=O)[C@H](Cc1ccccc1)N(O)N1CCC[C@H]1C=O. The summed E-state index contributed by atoms with van der Waals surface area (Å²) in [5.41, 5.74) is 0.980. The first kappa shape index (κ1) is 14.8. The fourth-order valence-corrected chi connectivity index (χ4v) is 2.57. The van der Waals surface area contributed by atoms with E-state index in [1.54, 1.807) is 5.01 Å². The Bertz CT molecular complexity index is 463. The van der Waals surface area contributed by atoms with Crippen LogP contribution in [-0.4, -0.2) is 46.1 Å². The zero-order valence-electron chi connectivity index (χ0n) is 11.6. The van der Waals surface area contributed by atoms with Crippen molar-refractivity contribution in [2.24, 2.45) is 0 Å². The van der Waals surface area contributed by atoms with Gasteiger partial charge in [0.2, 0.25) is 0 Å². The fraction of sp³-hybridized carbons (Fsp3) is 0.467. The summed E-state index contributed by atoms with van der Waals surface area (Å²) in [6.07, 6.45) is 2.82. The molecule has 1 saturated heterocycles. The molecule has 1 aromatic rings. The second-order valence-electron chi connectivity index (χ2n) is 5.15. The summed E-state index contributed by atoms with van der Waals surface area (Å²) in [5, 5.41) is 12.9. The summed E-state index contributed by atoms with van der Waals surface area (Å²) in [4.78, 5) is 22.8. The first-order valence-electron chi connectivity index (χ1n) is 6.88. The third kappa shape index (κ3) is 3.30. The van der Waals surface area contributed by atoms with E-state index in [-0.39, 0.29) is 11.8 Å². The van der Waals surface area contributed by atoms with Gasteiger partial charge in [-0.3, -0.25) is 10.0 Å². The minimum Gasteiger partial charge on any atom is -0.302 e. The Morgan fingerprint density at radius 2 is 2.20 bits per heavy atom. The highest BCUT2D eigenvalue weighted by Gasteiger charge is 2.34. The Labute approximate surface area is 118 Å². The normalized spacial score (nSPS) is 21.1. The van der Waals surface area contributed by atoms with Crippen LogP contribution < -0.4 is 0 Å². The molecule has 1 N–H and O–H groups in total. The largest absolute Gasteiger partial charge is 0.302 e. The second kappa shape index (κ2) is 6.74. The van der Waals surface area contributed by atoms with Crippen LogP contribution in [0.5, 0.6) is 0 Å². The molecule has 0 aromatic heterocycles. The van der Waals surface area contributed by atoms with Crippen molar-refractivity contribution in [3.05, 3.63) is 35.9 Å².